The molecule has 5 heteroatoms. The molecule has 2 N–H and O–H groups in total. The second kappa shape index (κ2) is 2.66. The summed E-state index contributed by atoms with van der Waals surface area (Å²) >= 11 is 1.31. The van der Waals surface area contributed by atoms with E-state index in [1.54, 1.807) is 11.6 Å². The lowest BCUT2D eigenvalue weighted by Crippen LogP contribution is -2.29. The zero-order valence-corrected chi connectivity index (χ0v) is 5.97. The van der Waals surface area contributed by atoms with E-state index in [4.69, 9.17) is 5.73 Å². The summed E-state index contributed by atoms with van der Waals surface area (Å²) in [5.74, 6) is 0. The minimum absolute atomic E-state index is 0.507. The van der Waals surface area contributed by atoms with E-state index in [2.05, 4.69) is 12.0 Å². The minimum atomic E-state index is -0.602. The van der Waals surface area contributed by atoms with Crippen LogP contribution in [0, 0.1) is 7.05 Å². The molecule has 1 radical (unpaired) electrons. The molecule has 0 saturated heterocycles. The van der Waals surface area contributed by atoms with Crippen molar-refractivity contribution in [2.75, 3.05) is 4.90 Å². The van der Waals surface area contributed by atoms with Crippen LogP contribution in [0.15, 0.2) is 11.6 Å². The minimum Gasteiger partial charge on any atom is -0.351 e. The quantitative estimate of drug-likeness (QED) is 0.654. The Morgan fingerprint density at radius 1 is 1.90 bits per heavy atom. The highest BCUT2D eigenvalue weighted by molar-refractivity contribution is 7.13. The molecular weight excluding hydrogens is 150 g/mol. The van der Waals surface area contributed by atoms with Crippen LogP contribution in [-0.4, -0.2) is 11.0 Å². The summed E-state index contributed by atoms with van der Waals surface area (Å²) in [6, 6.07) is -0.602. The van der Waals surface area contributed by atoms with Crippen LogP contribution in [0.2, 0.25) is 0 Å². The molecule has 0 aliphatic heterocycles. The lowest BCUT2D eigenvalue weighted by atomic mass is 10.8. The maximum Gasteiger partial charge on any atom is 0.321 e. The maximum atomic E-state index is 10.4. The van der Waals surface area contributed by atoms with Crippen LogP contribution in [0.5, 0.6) is 0 Å². The average molecular weight is 156 g/mol. The Kier molecular flexibility index (Phi) is 1.86. The van der Waals surface area contributed by atoms with Crippen molar-refractivity contribution in [2.24, 2.45) is 5.73 Å². The van der Waals surface area contributed by atoms with Crippen molar-refractivity contribution in [1.82, 2.24) is 4.98 Å². The van der Waals surface area contributed by atoms with Crippen LogP contribution < -0.4 is 10.6 Å². The van der Waals surface area contributed by atoms with Crippen LogP contribution in [0.25, 0.3) is 0 Å². The third-order valence-electron chi connectivity index (χ3n) is 0.916. The number of urea groups is 1. The summed E-state index contributed by atoms with van der Waals surface area (Å²) < 4.78 is 0. The molecule has 1 rings (SSSR count). The first-order chi connectivity index (χ1) is 4.72. The number of primary amides is 1. The van der Waals surface area contributed by atoms with Crippen molar-refractivity contribution in [2.45, 2.75) is 0 Å². The predicted octanol–water partition coefficient (Wildman–Crippen LogP) is 0.820. The van der Waals surface area contributed by atoms with Gasteiger partial charge in [0.1, 0.15) is 0 Å². The third kappa shape index (κ3) is 1.24. The molecule has 0 saturated carbocycles. The van der Waals surface area contributed by atoms with E-state index in [0.29, 0.717) is 5.13 Å². The van der Waals surface area contributed by atoms with E-state index in [1.807, 2.05) is 0 Å². The van der Waals surface area contributed by atoms with Gasteiger partial charge in [-0.2, -0.15) is 0 Å². The van der Waals surface area contributed by atoms with Crippen LogP contribution in [0.3, 0.4) is 0 Å². The fourth-order valence-corrected chi connectivity index (χ4v) is 1.03. The number of nitrogens with two attached hydrogens (primary N) is 1. The zero-order chi connectivity index (χ0) is 7.56. The molecule has 4 nitrogen and oxygen atoms in total. The normalized spacial score (nSPS) is 9.30. The molecule has 1 aromatic rings. The van der Waals surface area contributed by atoms with Crippen LogP contribution in [-0.2, 0) is 0 Å². The molecule has 1 aromatic heterocycles. The van der Waals surface area contributed by atoms with Crippen molar-refractivity contribution in [3.63, 3.8) is 0 Å². The van der Waals surface area contributed by atoms with E-state index in [-0.39, 0.29) is 0 Å². The monoisotopic (exact) mass is 156 g/mol. The van der Waals surface area contributed by atoms with Crippen molar-refractivity contribution in [3.05, 3.63) is 18.6 Å². The third-order valence-corrected chi connectivity index (χ3v) is 1.71. The van der Waals surface area contributed by atoms with Gasteiger partial charge in [-0.25, -0.2) is 9.78 Å². The molecule has 10 heavy (non-hydrogen) atoms. The molecule has 0 fully saturated rings. The molecule has 0 aliphatic carbocycles. The van der Waals surface area contributed by atoms with Gasteiger partial charge in [-0.3, -0.25) is 4.90 Å². The standard InChI is InChI=1S/C5H6N3OS/c1-8(4(6)9)5-7-2-3-10-5/h2-3H,1H2,(H2,6,9). The largest absolute Gasteiger partial charge is 0.351 e. The van der Waals surface area contributed by atoms with Crippen molar-refractivity contribution >= 4 is 22.5 Å². The highest BCUT2D eigenvalue weighted by atomic mass is 32.1. The Morgan fingerprint density at radius 3 is 3.00 bits per heavy atom. The van der Waals surface area contributed by atoms with Gasteiger partial charge in [-0.1, -0.05) is 0 Å². The molecule has 0 atom stereocenters. The van der Waals surface area contributed by atoms with E-state index >= 15 is 0 Å². The Bertz CT molecular complexity index is 221. The number of rotatable bonds is 1. The molecular formula is C5H6N3OS. The van der Waals surface area contributed by atoms with Gasteiger partial charge in [-0.05, 0) is 0 Å². The van der Waals surface area contributed by atoms with Gasteiger partial charge in [0.15, 0.2) is 5.13 Å². The molecule has 53 valence electrons. The van der Waals surface area contributed by atoms with Crippen molar-refractivity contribution in [1.29, 1.82) is 0 Å². The van der Waals surface area contributed by atoms with E-state index in [1.165, 1.54) is 11.3 Å². The van der Waals surface area contributed by atoms with Crippen molar-refractivity contribution in [3.8, 4) is 0 Å². The van der Waals surface area contributed by atoms with Gasteiger partial charge in [0, 0.05) is 18.6 Å². The van der Waals surface area contributed by atoms with Gasteiger partial charge >= 0.3 is 6.03 Å². The Balaban J connectivity index is 2.77. The van der Waals surface area contributed by atoms with E-state index < -0.39 is 6.03 Å². The summed E-state index contributed by atoms with van der Waals surface area (Å²) in [6.07, 6.45) is 1.58. The SMILES string of the molecule is [CH2]N(C(N)=O)c1nccs1. The number of thiazole rings is 1. The van der Waals surface area contributed by atoms with Gasteiger partial charge in [0.2, 0.25) is 0 Å². The van der Waals surface area contributed by atoms with E-state index in [0.717, 1.165) is 4.90 Å². The number of hydrogen-bond donors (Lipinski definition) is 1. The molecule has 0 aliphatic rings. The van der Waals surface area contributed by atoms with Crippen LogP contribution >= 0.6 is 11.3 Å². The van der Waals surface area contributed by atoms with Crippen LogP contribution in [0.4, 0.5) is 9.93 Å². The first-order valence-electron chi connectivity index (χ1n) is 2.51. The maximum absolute atomic E-state index is 10.4. The zero-order valence-electron chi connectivity index (χ0n) is 5.15. The number of anilines is 1. The highest BCUT2D eigenvalue weighted by Crippen LogP contribution is 2.15. The average Bonchev–Trinajstić information content (AvgIpc) is 2.36. The predicted molar refractivity (Wildman–Crippen MR) is 39.5 cm³/mol. The van der Waals surface area contributed by atoms with Gasteiger partial charge in [0.05, 0.1) is 0 Å². The second-order valence-electron chi connectivity index (χ2n) is 1.58. The van der Waals surface area contributed by atoms with Gasteiger partial charge < -0.3 is 5.73 Å². The molecule has 0 unspecified atom stereocenters. The summed E-state index contributed by atoms with van der Waals surface area (Å²) in [6.45, 7) is 0. The Labute approximate surface area is 62.3 Å². The molecule has 1 heterocycles. The van der Waals surface area contributed by atoms with Gasteiger partial charge in [0.25, 0.3) is 0 Å². The second-order valence-corrected chi connectivity index (χ2v) is 2.45. The lowest BCUT2D eigenvalue weighted by molar-refractivity contribution is 0.255. The lowest BCUT2D eigenvalue weighted by Gasteiger charge is -2.07. The number of nitrogens with zero attached hydrogens (tertiary/aromatic N) is 2. The molecule has 2 amide bonds. The first-order valence-corrected chi connectivity index (χ1v) is 3.39. The highest BCUT2D eigenvalue weighted by Gasteiger charge is 2.07. The first kappa shape index (κ1) is 7.01. The topological polar surface area (TPSA) is 59.2 Å². The number of aromatic nitrogens is 1. The van der Waals surface area contributed by atoms with Gasteiger partial charge in [-0.15, -0.1) is 11.3 Å². The number of carbonyl (C=O) groups excluding carboxylic acids is 1. The summed E-state index contributed by atoms with van der Waals surface area (Å²) in [7, 11) is 3.39. The van der Waals surface area contributed by atoms with E-state index in [9.17, 15) is 4.79 Å². The summed E-state index contributed by atoms with van der Waals surface area (Å²) in [5.41, 5.74) is 4.92. The van der Waals surface area contributed by atoms with Crippen LogP contribution in [0.1, 0.15) is 0 Å². The fraction of sp³-hybridized carbons (Fsp3) is 0. The number of carbonyl (C=O) groups is 1. The molecule has 0 spiro atoms. The fourth-order valence-electron chi connectivity index (χ4n) is 0.443. The summed E-state index contributed by atoms with van der Waals surface area (Å²) in [4.78, 5) is 15.3. The van der Waals surface area contributed by atoms with Crippen molar-refractivity contribution < 1.29 is 4.79 Å². The Hall–Kier alpha value is -1.10. The smallest absolute Gasteiger partial charge is 0.321 e. The number of hydrogen-bond acceptors (Lipinski definition) is 3. The Morgan fingerprint density at radius 2 is 2.60 bits per heavy atom. The molecule has 0 bridgehead atoms. The number of amides is 2. The summed E-state index contributed by atoms with van der Waals surface area (Å²) in [5, 5.41) is 2.25. The molecule has 0 aromatic carbocycles.